The Labute approximate surface area is 293 Å². The van der Waals surface area contributed by atoms with Crippen molar-refractivity contribution in [2.75, 3.05) is 25.0 Å². The number of Topliss-reactive ketones (excluding diaryl/α,β-unsaturated/α-hetero) is 1. The monoisotopic (exact) mass is 687 g/mol. The maximum atomic E-state index is 14.2. The van der Waals surface area contributed by atoms with E-state index in [-0.39, 0.29) is 30.3 Å². The van der Waals surface area contributed by atoms with Crippen molar-refractivity contribution in [3.8, 4) is 11.6 Å². The van der Waals surface area contributed by atoms with Crippen LogP contribution in [-0.2, 0) is 20.7 Å². The molecule has 6 atom stereocenters. The van der Waals surface area contributed by atoms with E-state index in [1.165, 1.54) is 6.92 Å². The van der Waals surface area contributed by atoms with Gasteiger partial charge in [0, 0.05) is 24.4 Å². The number of amides is 2. The fourth-order valence-corrected chi connectivity index (χ4v) is 7.01. The second-order valence-electron chi connectivity index (χ2n) is 14.9. The van der Waals surface area contributed by atoms with Crippen molar-refractivity contribution in [3.05, 3.63) is 42.4 Å². The number of carbonyl (C=O) groups is 3. The minimum absolute atomic E-state index is 0.121. The van der Waals surface area contributed by atoms with Gasteiger partial charge in [0.15, 0.2) is 5.78 Å². The number of anilines is 1. The second-order valence-corrected chi connectivity index (χ2v) is 14.9. The Morgan fingerprint density at radius 3 is 2.58 bits per heavy atom. The van der Waals surface area contributed by atoms with Crippen molar-refractivity contribution < 1.29 is 28.6 Å². The lowest BCUT2D eigenvalue weighted by atomic mass is 9.85. The lowest BCUT2D eigenvalue weighted by Crippen LogP contribution is -2.57. The molecule has 4 heterocycles. The zero-order valence-corrected chi connectivity index (χ0v) is 29.7. The zero-order valence-electron chi connectivity index (χ0n) is 29.7. The molecule has 2 amide bonds. The summed E-state index contributed by atoms with van der Waals surface area (Å²) in [6, 6.07) is 5.77. The van der Waals surface area contributed by atoms with Crippen molar-refractivity contribution >= 4 is 34.8 Å². The Morgan fingerprint density at radius 1 is 1.04 bits per heavy atom. The highest BCUT2D eigenvalue weighted by atomic mass is 16.6. The molecular weight excluding hydrogens is 638 g/mol. The molecule has 2 N–H and O–H groups in total. The third-order valence-electron chi connectivity index (χ3n) is 9.88. The minimum atomic E-state index is -0.896. The lowest BCUT2D eigenvalue weighted by molar-refractivity contribution is -0.141. The van der Waals surface area contributed by atoms with Crippen LogP contribution in [0.2, 0.25) is 0 Å². The van der Waals surface area contributed by atoms with Crippen LogP contribution >= 0.6 is 0 Å². The first kappa shape index (κ1) is 35.3. The van der Waals surface area contributed by atoms with Crippen molar-refractivity contribution in [2.24, 2.45) is 17.3 Å². The van der Waals surface area contributed by atoms with Gasteiger partial charge in [-0.3, -0.25) is 9.59 Å². The van der Waals surface area contributed by atoms with E-state index in [1.54, 1.807) is 23.4 Å². The molecule has 3 aliphatic rings. The molecule has 6 rings (SSSR count). The van der Waals surface area contributed by atoms with Gasteiger partial charge in [-0.2, -0.15) is 0 Å². The standard InChI is InChI=1S/C37H49N7O6/c1-22-30-21-44(31(22)23(2)45)34(46)32(37(3,4)5)43-36(47)50-29-19-24(29)11-8-6-7-9-12-27-33(49-30)42-28-20-25(13-14-26(28)41-27)48-18-17-40-35-38-15-10-16-39-35/h10,13-16,20,22,24,29-32H,6-9,11-12,17-19,21H2,1-5H3,(H,43,47)(H,38,39,40)/t22-,24-,29-,30+,31+,32-/m1/s1. The number of alkyl carbamates (subject to hydrolysis) is 1. The normalized spacial score (nSPS) is 26.2. The van der Waals surface area contributed by atoms with E-state index in [4.69, 9.17) is 24.2 Å². The number of rotatable bonds is 6. The fraction of sp³-hybridized carbons (Fsp3) is 0.595. The summed E-state index contributed by atoms with van der Waals surface area (Å²) in [6.45, 7) is 10.2. The molecule has 1 saturated carbocycles. The van der Waals surface area contributed by atoms with E-state index in [2.05, 4.69) is 20.6 Å². The average molecular weight is 688 g/mol. The summed E-state index contributed by atoms with van der Waals surface area (Å²) in [5.41, 5.74) is 1.47. The van der Waals surface area contributed by atoms with Crippen LogP contribution in [0.3, 0.4) is 0 Å². The molecule has 2 aliphatic heterocycles. The highest BCUT2D eigenvalue weighted by molar-refractivity contribution is 5.92. The molecule has 2 bridgehead atoms. The molecule has 1 aliphatic carbocycles. The Bertz CT molecular complexity index is 1680. The predicted molar refractivity (Wildman–Crippen MR) is 187 cm³/mol. The number of aryl methyl sites for hydroxylation is 1. The van der Waals surface area contributed by atoms with Crippen LogP contribution in [-0.4, -0.2) is 86.6 Å². The first-order chi connectivity index (χ1) is 24.0. The van der Waals surface area contributed by atoms with Gasteiger partial charge in [-0.1, -0.05) is 47.0 Å². The van der Waals surface area contributed by atoms with Crippen molar-refractivity contribution in [1.82, 2.24) is 30.2 Å². The maximum Gasteiger partial charge on any atom is 0.408 e. The van der Waals surface area contributed by atoms with Gasteiger partial charge in [0.05, 0.1) is 30.2 Å². The summed E-state index contributed by atoms with van der Waals surface area (Å²) in [5.74, 6) is 1.11. The summed E-state index contributed by atoms with van der Waals surface area (Å²) in [7, 11) is 0. The molecular formula is C37H49N7O6. The van der Waals surface area contributed by atoms with Crippen molar-refractivity contribution in [3.63, 3.8) is 0 Å². The summed E-state index contributed by atoms with van der Waals surface area (Å²) in [4.78, 5) is 60.2. The van der Waals surface area contributed by atoms with Gasteiger partial charge in [-0.05, 0) is 62.1 Å². The highest BCUT2D eigenvalue weighted by Crippen LogP contribution is 2.39. The van der Waals surface area contributed by atoms with Crippen molar-refractivity contribution in [1.29, 1.82) is 0 Å². The average Bonchev–Trinajstić information content (AvgIpc) is 3.73. The van der Waals surface area contributed by atoms with E-state index in [1.807, 2.05) is 45.9 Å². The van der Waals surface area contributed by atoms with Gasteiger partial charge < -0.3 is 29.7 Å². The molecule has 1 saturated heterocycles. The summed E-state index contributed by atoms with van der Waals surface area (Å²) in [6.07, 6.45) is 8.70. The number of nitrogens with zero attached hydrogens (tertiary/aromatic N) is 5. The zero-order chi connectivity index (χ0) is 35.4. The van der Waals surface area contributed by atoms with Crippen LogP contribution in [0.5, 0.6) is 11.6 Å². The Hall–Kier alpha value is -4.55. The van der Waals surface area contributed by atoms with Gasteiger partial charge in [0.25, 0.3) is 0 Å². The third-order valence-corrected chi connectivity index (χ3v) is 9.88. The number of benzene rings is 1. The molecule has 50 heavy (non-hydrogen) atoms. The number of ether oxygens (including phenoxy) is 3. The van der Waals surface area contributed by atoms with Crippen molar-refractivity contribution in [2.45, 2.75) is 104 Å². The van der Waals surface area contributed by atoms with Crippen LogP contribution in [0.1, 0.15) is 78.8 Å². The van der Waals surface area contributed by atoms with Crippen LogP contribution in [0.25, 0.3) is 11.0 Å². The predicted octanol–water partition coefficient (Wildman–Crippen LogP) is 5.13. The van der Waals surface area contributed by atoms with E-state index in [9.17, 15) is 14.4 Å². The molecule has 13 heteroatoms. The number of fused-ring (bicyclic) bond motifs is 5. The number of aromatic nitrogens is 4. The number of ketones is 1. The van der Waals surface area contributed by atoms with Gasteiger partial charge >= 0.3 is 6.09 Å². The number of hydrogen-bond acceptors (Lipinski definition) is 11. The highest BCUT2D eigenvalue weighted by Gasteiger charge is 2.49. The van der Waals surface area contributed by atoms with Crippen LogP contribution in [0.4, 0.5) is 10.7 Å². The number of carbonyl (C=O) groups excluding carboxylic acids is 3. The Balaban J connectivity index is 1.26. The quantitative estimate of drug-likeness (QED) is 0.331. The van der Waals surface area contributed by atoms with Gasteiger partial charge in [0.1, 0.15) is 36.3 Å². The third kappa shape index (κ3) is 8.42. The summed E-state index contributed by atoms with van der Waals surface area (Å²) >= 11 is 0. The van der Waals surface area contributed by atoms with E-state index in [0.29, 0.717) is 48.6 Å². The van der Waals surface area contributed by atoms with Crippen LogP contribution in [0.15, 0.2) is 36.7 Å². The van der Waals surface area contributed by atoms with E-state index >= 15 is 0 Å². The number of nitrogens with one attached hydrogen (secondary N) is 2. The molecule has 1 aromatic carbocycles. The summed E-state index contributed by atoms with van der Waals surface area (Å²) < 4.78 is 18.4. The molecule has 0 radical (unpaired) electrons. The molecule has 3 aromatic rings. The molecule has 13 nitrogen and oxygen atoms in total. The second kappa shape index (κ2) is 15.1. The summed E-state index contributed by atoms with van der Waals surface area (Å²) in [5, 5.41) is 5.98. The topological polar surface area (TPSA) is 158 Å². The maximum absolute atomic E-state index is 14.2. The Kier molecular flexibility index (Phi) is 10.7. The lowest BCUT2D eigenvalue weighted by Gasteiger charge is -2.35. The fourth-order valence-electron chi connectivity index (χ4n) is 7.01. The molecule has 0 unspecified atom stereocenters. The molecule has 2 aromatic heterocycles. The van der Waals surface area contributed by atoms with E-state index in [0.717, 1.165) is 49.7 Å². The van der Waals surface area contributed by atoms with Gasteiger partial charge in [-0.15, -0.1) is 0 Å². The Morgan fingerprint density at radius 2 is 1.82 bits per heavy atom. The largest absolute Gasteiger partial charge is 0.492 e. The molecule has 0 spiro atoms. The van der Waals surface area contributed by atoms with Crippen LogP contribution < -0.4 is 20.1 Å². The first-order valence-corrected chi connectivity index (χ1v) is 17.9. The molecule has 2 fully saturated rings. The van der Waals surface area contributed by atoms with Gasteiger partial charge in [-0.25, -0.2) is 24.7 Å². The van der Waals surface area contributed by atoms with E-state index < -0.39 is 29.7 Å². The van der Waals surface area contributed by atoms with Crippen LogP contribution in [0, 0.1) is 17.3 Å². The van der Waals surface area contributed by atoms with Gasteiger partial charge in [0.2, 0.25) is 17.7 Å². The smallest absolute Gasteiger partial charge is 0.408 e. The SMILES string of the molecule is CC(=O)[C@@H]1[C@H](C)[C@@H]2CN1C(=O)[C@H](C(C)(C)C)NC(=O)O[C@@H]1C[C@H]1CCCCCCc1nc3ccc(OCCNc4ncccn4)cc3nc1O2. The molecule has 268 valence electrons. The minimum Gasteiger partial charge on any atom is -0.492 e. The number of hydrogen-bond donors (Lipinski definition) is 2. The first-order valence-electron chi connectivity index (χ1n) is 17.9.